The van der Waals surface area contributed by atoms with Gasteiger partial charge in [0.2, 0.25) is 5.91 Å². The first kappa shape index (κ1) is 11.5. The minimum Gasteiger partial charge on any atom is -0.480 e. The molecule has 1 aromatic heterocycles. The lowest BCUT2D eigenvalue weighted by Gasteiger charge is -1.95. The van der Waals surface area contributed by atoms with Crippen LogP contribution in [0, 0.1) is 6.92 Å². The first-order valence-electron chi connectivity index (χ1n) is 4.32. The molecule has 0 aliphatic heterocycles. The summed E-state index contributed by atoms with van der Waals surface area (Å²) < 4.78 is 0. The smallest absolute Gasteiger partial charge is 0.322 e. The van der Waals surface area contributed by atoms with Gasteiger partial charge in [-0.25, -0.2) is 0 Å². The fourth-order valence-corrected chi connectivity index (χ4v) is 1.70. The van der Waals surface area contributed by atoms with E-state index in [1.165, 1.54) is 11.0 Å². The van der Waals surface area contributed by atoms with Crippen molar-refractivity contribution >= 4 is 29.3 Å². The molecule has 0 radical (unpaired) electrons. The van der Waals surface area contributed by atoms with Gasteiger partial charge in [0.1, 0.15) is 6.54 Å². The Kier molecular flexibility index (Phi) is 4.05. The van der Waals surface area contributed by atoms with E-state index in [1.54, 1.807) is 17.4 Å². The summed E-state index contributed by atoms with van der Waals surface area (Å²) in [6.45, 7) is 1.62. The van der Waals surface area contributed by atoms with Crippen LogP contribution in [0.25, 0.3) is 6.08 Å². The zero-order valence-electron chi connectivity index (χ0n) is 8.19. The van der Waals surface area contributed by atoms with Crippen LogP contribution in [0.1, 0.15) is 9.75 Å². The maximum Gasteiger partial charge on any atom is 0.322 e. The average Bonchev–Trinajstić information content (AvgIpc) is 2.58. The minimum atomic E-state index is -1.05. The molecule has 15 heavy (non-hydrogen) atoms. The second-order valence-electron chi connectivity index (χ2n) is 2.89. The van der Waals surface area contributed by atoms with E-state index < -0.39 is 11.9 Å². The summed E-state index contributed by atoms with van der Waals surface area (Å²) >= 11 is 1.57. The molecule has 0 unspecified atom stereocenters. The lowest BCUT2D eigenvalue weighted by molar-refractivity contribution is -0.137. The highest BCUT2D eigenvalue weighted by Gasteiger charge is 1.99. The zero-order chi connectivity index (χ0) is 11.3. The molecule has 0 spiro atoms. The Labute approximate surface area is 91.2 Å². The van der Waals surface area contributed by atoms with E-state index in [2.05, 4.69) is 5.32 Å². The SMILES string of the molecule is Cc1ccc(/C=C/C(=O)NCC(=O)O)s1. The number of hydrogen-bond acceptors (Lipinski definition) is 3. The fourth-order valence-electron chi connectivity index (χ4n) is 0.922. The molecule has 0 aliphatic carbocycles. The number of thiophene rings is 1. The minimum absolute atomic E-state index is 0.355. The summed E-state index contributed by atoms with van der Waals surface area (Å²) in [5, 5.41) is 10.6. The molecule has 0 fully saturated rings. The van der Waals surface area contributed by atoms with E-state index in [9.17, 15) is 9.59 Å². The Hall–Kier alpha value is -1.62. The lowest BCUT2D eigenvalue weighted by Crippen LogP contribution is -2.27. The van der Waals surface area contributed by atoms with Crippen LogP contribution in [0.5, 0.6) is 0 Å². The van der Waals surface area contributed by atoms with E-state index in [-0.39, 0.29) is 6.54 Å². The molecule has 0 aromatic carbocycles. The van der Waals surface area contributed by atoms with Crippen LogP contribution in [0.2, 0.25) is 0 Å². The maximum atomic E-state index is 11.1. The first-order valence-corrected chi connectivity index (χ1v) is 5.14. The molecule has 1 heterocycles. The van der Waals surface area contributed by atoms with Crippen molar-refractivity contribution in [3.8, 4) is 0 Å². The Bertz CT molecular complexity index is 395. The molecule has 1 aromatic rings. The van der Waals surface area contributed by atoms with Crippen LogP contribution in [-0.4, -0.2) is 23.5 Å². The molecule has 1 amide bonds. The Morgan fingerprint density at radius 1 is 1.53 bits per heavy atom. The van der Waals surface area contributed by atoms with Crippen LogP contribution < -0.4 is 5.32 Å². The largest absolute Gasteiger partial charge is 0.480 e. The van der Waals surface area contributed by atoms with E-state index in [4.69, 9.17) is 5.11 Å². The number of carbonyl (C=O) groups excluding carboxylic acids is 1. The lowest BCUT2D eigenvalue weighted by atomic mass is 10.4. The van der Waals surface area contributed by atoms with Gasteiger partial charge in [-0.15, -0.1) is 11.3 Å². The number of aliphatic carboxylic acids is 1. The van der Waals surface area contributed by atoms with Crippen molar-refractivity contribution in [3.05, 3.63) is 28.0 Å². The summed E-state index contributed by atoms with van der Waals surface area (Å²) in [5.74, 6) is -1.45. The van der Waals surface area contributed by atoms with Crippen molar-refractivity contribution in [2.45, 2.75) is 6.92 Å². The topological polar surface area (TPSA) is 66.4 Å². The van der Waals surface area contributed by atoms with Gasteiger partial charge in [0.15, 0.2) is 0 Å². The summed E-state index contributed by atoms with van der Waals surface area (Å²) in [7, 11) is 0. The van der Waals surface area contributed by atoms with Crippen molar-refractivity contribution in [2.24, 2.45) is 0 Å². The number of rotatable bonds is 4. The number of carboxylic acids is 1. The van der Waals surface area contributed by atoms with Gasteiger partial charge in [0, 0.05) is 15.8 Å². The Balaban J connectivity index is 2.44. The molecule has 0 saturated carbocycles. The van der Waals surface area contributed by atoms with E-state index in [0.717, 1.165) is 4.88 Å². The Morgan fingerprint density at radius 3 is 2.80 bits per heavy atom. The fraction of sp³-hybridized carbons (Fsp3) is 0.200. The van der Waals surface area contributed by atoms with Gasteiger partial charge < -0.3 is 10.4 Å². The first-order chi connectivity index (χ1) is 7.08. The third-order valence-corrected chi connectivity index (χ3v) is 2.54. The van der Waals surface area contributed by atoms with Gasteiger partial charge in [-0.05, 0) is 25.1 Å². The van der Waals surface area contributed by atoms with Gasteiger partial charge in [0.25, 0.3) is 0 Å². The number of carbonyl (C=O) groups is 2. The molecule has 4 nitrogen and oxygen atoms in total. The molecule has 5 heteroatoms. The second-order valence-corrected chi connectivity index (χ2v) is 4.21. The summed E-state index contributed by atoms with van der Waals surface area (Å²) in [5.41, 5.74) is 0. The molecule has 2 N–H and O–H groups in total. The molecular weight excluding hydrogens is 214 g/mol. The third-order valence-electron chi connectivity index (χ3n) is 1.57. The number of amides is 1. The summed E-state index contributed by atoms with van der Waals surface area (Å²) in [6, 6.07) is 3.86. The monoisotopic (exact) mass is 225 g/mol. The van der Waals surface area contributed by atoms with Gasteiger partial charge in [-0.2, -0.15) is 0 Å². The van der Waals surface area contributed by atoms with Gasteiger partial charge in [-0.1, -0.05) is 0 Å². The molecule has 0 saturated heterocycles. The molecular formula is C10H11NO3S. The van der Waals surface area contributed by atoms with Crippen molar-refractivity contribution in [3.63, 3.8) is 0 Å². The van der Waals surface area contributed by atoms with Crippen LogP contribution >= 0.6 is 11.3 Å². The number of hydrogen-bond donors (Lipinski definition) is 2. The zero-order valence-corrected chi connectivity index (χ0v) is 9.00. The normalized spacial score (nSPS) is 10.5. The Morgan fingerprint density at radius 2 is 2.27 bits per heavy atom. The number of carboxylic acid groups (broad SMARTS) is 1. The van der Waals surface area contributed by atoms with Crippen molar-refractivity contribution in [1.29, 1.82) is 0 Å². The standard InChI is InChI=1S/C10H11NO3S/c1-7-2-3-8(15-7)4-5-9(12)11-6-10(13)14/h2-5H,6H2,1H3,(H,11,12)(H,13,14)/b5-4+. The third kappa shape index (κ3) is 4.42. The molecule has 1 rings (SSSR count). The predicted molar refractivity (Wildman–Crippen MR) is 58.7 cm³/mol. The number of nitrogens with one attached hydrogen (secondary N) is 1. The van der Waals surface area contributed by atoms with Crippen molar-refractivity contribution < 1.29 is 14.7 Å². The molecule has 0 aliphatic rings. The quantitative estimate of drug-likeness (QED) is 0.758. The average molecular weight is 225 g/mol. The van der Waals surface area contributed by atoms with Crippen molar-refractivity contribution in [2.75, 3.05) is 6.54 Å². The van der Waals surface area contributed by atoms with Gasteiger partial charge in [0.05, 0.1) is 0 Å². The molecule has 0 bridgehead atoms. The predicted octanol–water partition coefficient (Wildman–Crippen LogP) is 1.27. The van der Waals surface area contributed by atoms with Crippen LogP contribution in [0.3, 0.4) is 0 Å². The van der Waals surface area contributed by atoms with E-state index >= 15 is 0 Å². The highest BCUT2D eigenvalue weighted by Crippen LogP contribution is 2.15. The highest BCUT2D eigenvalue weighted by molar-refractivity contribution is 7.12. The highest BCUT2D eigenvalue weighted by atomic mass is 32.1. The maximum absolute atomic E-state index is 11.1. The van der Waals surface area contributed by atoms with Crippen molar-refractivity contribution in [1.82, 2.24) is 5.32 Å². The molecule has 0 atom stereocenters. The van der Waals surface area contributed by atoms with Gasteiger partial charge in [-0.3, -0.25) is 9.59 Å². The van der Waals surface area contributed by atoms with Crippen LogP contribution in [-0.2, 0) is 9.59 Å². The molecule has 80 valence electrons. The number of aryl methyl sites for hydroxylation is 1. The van der Waals surface area contributed by atoms with E-state index in [0.29, 0.717) is 0 Å². The van der Waals surface area contributed by atoms with E-state index in [1.807, 2.05) is 19.1 Å². The van der Waals surface area contributed by atoms with Crippen LogP contribution in [0.15, 0.2) is 18.2 Å². The summed E-state index contributed by atoms with van der Waals surface area (Å²) in [6.07, 6.45) is 2.99. The second kappa shape index (κ2) is 5.31. The van der Waals surface area contributed by atoms with Crippen LogP contribution in [0.4, 0.5) is 0 Å². The summed E-state index contributed by atoms with van der Waals surface area (Å²) in [4.78, 5) is 23.4. The van der Waals surface area contributed by atoms with Gasteiger partial charge >= 0.3 is 5.97 Å².